The van der Waals surface area contributed by atoms with Gasteiger partial charge in [0, 0.05) is 6.04 Å². The molecule has 0 aliphatic carbocycles. The van der Waals surface area contributed by atoms with E-state index < -0.39 is 0 Å². The Morgan fingerprint density at radius 2 is 1.62 bits per heavy atom. The van der Waals surface area contributed by atoms with E-state index in [2.05, 4.69) is 39.9 Å². The molecule has 0 aliphatic rings. The maximum atomic E-state index is 3.49. The van der Waals surface area contributed by atoms with Crippen molar-refractivity contribution in [1.29, 1.82) is 0 Å². The van der Waals surface area contributed by atoms with Crippen LogP contribution in [0.15, 0.2) is 0 Å². The lowest BCUT2D eigenvalue weighted by Crippen LogP contribution is -2.28. The van der Waals surface area contributed by atoms with Gasteiger partial charge >= 0.3 is 0 Å². The number of rotatable bonds is 7. The molecule has 0 aromatic carbocycles. The summed E-state index contributed by atoms with van der Waals surface area (Å²) in [5.74, 6) is 1.72. The molecule has 13 heavy (non-hydrogen) atoms. The van der Waals surface area contributed by atoms with E-state index in [4.69, 9.17) is 0 Å². The van der Waals surface area contributed by atoms with E-state index in [1.54, 1.807) is 0 Å². The predicted octanol–water partition coefficient (Wildman–Crippen LogP) is 3.45. The van der Waals surface area contributed by atoms with Gasteiger partial charge in [0.25, 0.3) is 0 Å². The molecule has 0 amide bonds. The van der Waals surface area contributed by atoms with Crippen LogP contribution in [0.4, 0.5) is 0 Å². The van der Waals surface area contributed by atoms with E-state index in [0.29, 0.717) is 6.04 Å². The fourth-order valence-electron chi connectivity index (χ4n) is 1.82. The summed E-state index contributed by atoms with van der Waals surface area (Å²) < 4.78 is 0. The van der Waals surface area contributed by atoms with Crippen LogP contribution in [-0.4, -0.2) is 12.6 Å². The van der Waals surface area contributed by atoms with Crippen molar-refractivity contribution in [2.75, 3.05) is 6.54 Å². The molecule has 2 atom stereocenters. The Morgan fingerprint density at radius 3 is 2.08 bits per heavy atom. The van der Waals surface area contributed by atoms with Crippen LogP contribution < -0.4 is 5.32 Å². The highest BCUT2D eigenvalue weighted by Crippen LogP contribution is 2.15. The highest BCUT2D eigenvalue weighted by Gasteiger charge is 2.07. The summed E-state index contributed by atoms with van der Waals surface area (Å²) >= 11 is 0. The minimum absolute atomic E-state index is 0.629. The van der Waals surface area contributed by atoms with Gasteiger partial charge < -0.3 is 5.32 Å². The Bertz CT molecular complexity index is 110. The average Bonchev–Trinajstić information content (AvgIpc) is 2.01. The maximum absolute atomic E-state index is 3.49. The molecular formula is C12H27N. The lowest BCUT2D eigenvalue weighted by molar-refractivity contribution is 0.368. The molecular weight excluding hydrogens is 158 g/mol. The van der Waals surface area contributed by atoms with Crippen LogP contribution in [-0.2, 0) is 0 Å². The molecule has 1 heteroatoms. The lowest BCUT2D eigenvalue weighted by atomic mass is 9.94. The number of hydrogen-bond acceptors (Lipinski definition) is 1. The molecule has 0 radical (unpaired) electrons. The molecule has 0 aliphatic heterocycles. The summed E-state index contributed by atoms with van der Waals surface area (Å²) in [5.41, 5.74) is 0. The highest BCUT2D eigenvalue weighted by molar-refractivity contribution is 4.63. The first-order valence-electron chi connectivity index (χ1n) is 5.79. The molecule has 0 bridgehead atoms. The molecule has 0 fully saturated rings. The maximum Gasteiger partial charge on any atom is 0.00104 e. The topological polar surface area (TPSA) is 12.0 Å². The third-order valence-corrected chi connectivity index (χ3v) is 2.46. The van der Waals surface area contributed by atoms with Crippen molar-refractivity contribution in [3.8, 4) is 0 Å². The third-order valence-electron chi connectivity index (χ3n) is 2.46. The van der Waals surface area contributed by atoms with Gasteiger partial charge in [-0.1, -0.05) is 47.5 Å². The van der Waals surface area contributed by atoms with Gasteiger partial charge in [0.2, 0.25) is 0 Å². The van der Waals surface area contributed by atoms with Gasteiger partial charge in [-0.2, -0.15) is 0 Å². The molecule has 0 rings (SSSR count). The molecule has 0 spiro atoms. The monoisotopic (exact) mass is 185 g/mol. The van der Waals surface area contributed by atoms with E-state index in [9.17, 15) is 0 Å². The van der Waals surface area contributed by atoms with Crippen molar-refractivity contribution in [3.63, 3.8) is 0 Å². The molecule has 0 aromatic heterocycles. The quantitative estimate of drug-likeness (QED) is 0.640. The fraction of sp³-hybridized carbons (Fsp3) is 1.00. The lowest BCUT2D eigenvalue weighted by Gasteiger charge is -2.18. The van der Waals surface area contributed by atoms with Crippen LogP contribution in [0.1, 0.15) is 53.9 Å². The zero-order valence-electron chi connectivity index (χ0n) is 10.1. The van der Waals surface area contributed by atoms with Crippen molar-refractivity contribution in [1.82, 2.24) is 5.32 Å². The molecule has 2 unspecified atom stereocenters. The summed E-state index contributed by atoms with van der Waals surface area (Å²) in [4.78, 5) is 0. The molecule has 80 valence electrons. The second-order valence-corrected chi connectivity index (χ2v) is 4.80. The summed E-state index contributed by atoms with van der Waals surface area (Å²) in [6.07, 6.45) is 4.07. The minimum atomic E-state index is 0.629. The highest BCUT2D eigenvalue weighted by atomic mass is 14.9. The second kappa shape index (κ2) is 7.37. The summed E-state index contributed by atoms with van der Waals surface area (Å²) in [7, 11) is 0. The number of hydrogen-bond donors (Lipinski definition) is 1. The summed E-state index contributed by atoms with van der Waals surface area (Å²) in [5, 5.41) is 3.49. The van der Waals surface area contributed by atoms with Crippen molar-refractivity contribution in [2.45, 2.75) is 59.9 Å². The van der Waals surface area contributed by atoms with Gasteiger partial charge in [0.1, 0.15) is 0 Å². The Labute approximate surface area is 84.3 Å². The van der Waals surface area contributed by atoms with Crippen LogP contribution in [0.25, 0.3) is 0 Å². The zero-order valence-corrected chi connectivity index (χ0v) is 10.1. The van der Waals surface area contributed by atoms with Crippen molar-refractivity contribution >= 4 is 0 Å². The van der Waals surface area contributed by atoms with Crippen LogP contribution in [0.3, 0.4) is 0 Å². The van der Waals surface area contributed by atoms with Crippen LogP contribution >= 0.6 is 0 Å². The minimum Gasteiger partial charge on any atom is -0.314 e. The number of nitrogens with one attached hydrogen (secondary N) is 1. The normalized spacial score (nSPS) is 16.2. The van der Waals surface area contributed by atoms with Gasteiger partial charge in [-0.25, -0.2) is 0 Å². The second-order valence-electron chi connectivity index (χ2n) is 4.80. The summed E-state index contributed by atoms with van der Waals surface area (Å²) in [6, 6.07) is 0.629. The largest absolute Gasteiger partial charge is 0.314 e. The van der Waals surface area contributed by atoms with Gasteiger partial charge in [-0.15, -0.1) is 0 Å². The van der Waals surface area contributed by atoms with E-state index in [1.807, 2.05) is 0 Å². The molecule has 0 aromatic rings. The standard InChI is InChI=1S/C12H27N/c1-6-7-11(4)8-12(5)9-13-10(2)3/h10-13H,6-9H2,1-5H3. The zero-order chi connectivity index (χ0) is 10.3. The smallest absolute Gasteiger partial charge is 0.00104 e. The average molecular weight is 185 g/mol. The Balaban J connectivity index is 3.43. The van der Waals surface area contributed by atoms with Crippen molar-refractivity contribution < 1.29 is 0 Å². The molecule has 1 N–H and O–H groups in total. The van der Waals surface area contributed by atoms with Gasteiger partial charge in [-0.3, -0.25) is 0 Å². The van der Waals surface area contributed by atoms with Crippen molar-refractivity contribution in [2.24, 2.45) is 11.8 Å². The van der Waals surface area contributed by atoms with E-state index in [0.717, 1.165) is 11.8 Å². The van der Waals surface area contributed by atoms with Gasteiger partial charge in [-0.05, 0) is 24.8 Å². The SMILES string of the molecule is CCCC(C)CC(C)CNC(C)C. The fourth-order valence-corrected chi connectivity index (χ4v) is 1.82. The Kier molecular flexibility index (Phi) is 7.35. The van der Waals surface area contributed by atoms with Crippen molar-refractivity contribution in [3.05, 3.63) is 0 Å². The van der Waals surface area contributed by atoms with Crippen LogP contribution in [0.5, 0.6) is 0 Å². The van der Waals surface area contributed by atoms with Crippen LogP contribution in [0.2, 0.25) is 0 Å². The summed E-state index contributed by atoms with van der Waals surface area (Å²) in [6.45, 7) is 12.6. The van der Waals surface area contributed by atoms with E-state index >= 15 is 0 Å². The molecule has 0 heterocycles. The predicted molar refractivity (Wildman–Crippen MR) is 61.0 cm³/mol. The Morgan fingerprint density at radius 1 is 1.00 bits per heavy atom. The first-order chi connectivity index (χ1) is 6.06. The molecule has 0 saturated carbocycles. The van der Waals surface area contributed by atoms with E-state index in [-0.39, 0.29) is 0 Å². The van der Waals surface area contributed by atoms with Gasteiger partial charge in [0.15, 0.2) is 0 Å². The third kappa shape index (κ3) is 8.29. The van der Waals surface area contributed by atoms with E-state index in [1.165, 1.54) is 25.8 Å². The Hall–Kier alpha value is -0.0400. The van der Waals surface area contributed by atoms with Crippen LogP contribution in [0, 0.1) is 11.8 Å². The molecule has 1 nitrogen and oxygen atoms in total. The first kappa shape index (κ1) is 13.0. The molecule has 0 saturated heterocycles. The first-order valence-corrected chi connectivity index (χ1v) is 5.79. The van der Waals surface area contributed by atoms with Gasteiger partial charge in [0.05, 0.1) is 0 Å².